The van der Waals surface area contributed by atoms with E-state index in [-0.39, 0.29) is 13.2 Å². The monoisotopic (exact) mass is 355 g/mol. The zero-order valence-corrected chi connectivity index (χ0v) is 13.7. The van der Waals surface area contributed by atoms with Crippen LogP contribution >= 0.6 is 23.9 Å². The Bertz CT molecular complexity index is 358. The molecule has 2 unspecified atom stereocenters. The fourth-order valence-corrected chi connectivity index (χ4v) is 4.04. The molecule has 0 bridgehead atoms. The summed E-state index contributed by atoms with van der Waals surface area (Å²) >= 11 is 0. The van der Waals surface area contributed by atoms with E-state index in [2.05, 4.69) is 26.9 Å². The van der Waals surface area contributed by atoms with E-state index in [0.29, 0.717) is 12.8 Å². The van der Waals surface area contributed by atoms with Crippen LogP contribution in [-0.2, 0) is 40.6 Å². The van der Waals surface area contributed by atoms with Crippen LogP contribution in [0, 0.1) is 0 Å². The van der Waals surface area contributed by atoms with E-state index < -0.39 is 23.9 Å². The van der Waals surface area contributed by atoms with Crippen molar-refractivity contribution in [1.29, 1.82) is 0 Å². The lowest BCUT2D eigenvalue weighted by molar-refractivity contribution is 0.141. The predicted octanol–water partition coefficient (Wildman–Crippen LogP) is 2.53. The average Bonchev–Trinajstić information content (AvgIpc) is 2.42. The lowest BCUT2D eigenvalue weighted by Gasteiger charge is -2.09. The first-order valence-electron chi connectivity index (χ1n) is 5.47. The van der Waals surface area contributed by atoms with Crippen molar-refractivity contribution < 1.29 is 40.6 Å². The van der Waals surface area contributed by atoms with Crippen molar-refractivity contribution in [3.8, 4) is 0 Å². The van der Waals surface area contributed by atoms with Gasteiger partial charge in [-0.05, 0) is 21.5 Å². The number of hydrogen-bond acceptors (Lipinski definition) is 11. The molecule has 0 aromatic carbocycles. The van der Waals surface area contributed by atoms with E-state index in [1.54, 1.807) is 13.8 Å². The molecule has 0 saturated heterocycles. The van der Waals surface area contributed by atoms with Crippen molar-refractivity contribution >= 4 is 23.9 Å². The van der Waals surface area contributed by atoms with E-state index >= 15 is 0 Å². The minimum atomic E-state index is -4.30. The molecule has 0 aliphatic carbocycles. The zero-order valence-electron chi connectivity index (χ0n) is 11.0. The van der Waals surface area contributed by atoms with Crippen LogP contribution in [0.15, 0.2) is 0 Å². The maximum atomic E-state index is 11.7. The molecule has 11 nitrogen and oxygen atoms in total. The Morgan fingerprint density at radius 3 is 1.50 bits per heavy atom. The molecule has 0 aliphatic heterocycles. The first kappa shape index (κ1) is 20.2. The van der Waals surface area contributed by atoms with Crippen LogP contribution in [0.4, 0.5) is 0 Å². The molecule has 0 rings (SSSR count). The summed E-state index contributed by atoms with van der Waals surface area (Å²) in [6.07, 6.45) is 0.941. The van der Waals surface area contributed by atoms with Gasteiger partial charge < -0.3 is 0 Å². The third-order valence-corrected chi connectivity index (χ3v) is 5.68. The maximum Gasteiger partial charge on any atom is 0.719 e. The molecule has 0 fully saturated rings. The van der Waals surface area contributed by atoms with E-state index in [4.69, 9.17) is 11.8 Å². The van der Waals surface area contributed by atoms with Crippen molar-refractivity contribution in [2.45, 2.75) is 26.7 Å². The SMILES string of the molecule is CCCOP(=O)(ON)O[P+](=O)OP(=O)(ON)OCCC. The zero-order chi connectivity index (χ0) is 15.6. The molecule has 4 N–H and O–H groups in total. The van der Waals surface area contributed by atoms with Gasteiger partial charge >= 0.3 is 23.9 Å². The van der Waals surface area contributed by atoms with Gasteiger partial charge in [0.15, 0.2) is 0 Å². The first-order valence-corrected chi connectivity index (χ1v) is 9.49. The van der Waals surface area contributed by atoms with Gasteiger partial charge in [-0.1, -0.05) is 13.8 Å². The molecule has 0 spiro atoms. The van der Waals surface area contributed by atoms with E-state index in [9.17, 15) is 13.7 Å². The summed E-state index contributed by atoms with van der Waals surface area (Å²) < 4.78 is 60.8. The summed E-state index contributed by atoms with van der Waals surface area (Å²) in [6.45, 7) is 3.36. The molecule has 0 aromatic rings. The largest absolute Gasteiger partial charge is 0.719 e. The van der Waals surface area contributed by atoms with Gasteiger partial charge in [-0.2, -0.15) is 9.25 Å². The van der Waals surface area contributed by atoms with Crippen molar-refractivity contribution in [1.82, 2.24) is 0 Å². The summed E-state index contributed by atoms with van der Waals surface area (Å²) in [5, 5.41) is 0. The predicted molar refractivity (Wildman–Crippen MR) is 68.0 cm³/mol. The lowest BCUT2D eigenvalue weighted by Crippen LogP contribution is -2.05. The highest BCUT2D eigenvalue weighted by molar-refractivity contribution is 7.62. The fraction of sp³-hybridized carbons (Fsp3) is 1.00. The fourth-order valence-electron chi connectivity index (χ4n) is 0.731. The highest BCUT2D eigenvalue weighted by atomic mass is 31.3. The third kappa shape index (κ3) is 7.87. The molecular weight excluding hydrogens is 337 g/mol. The molecule has 20 heavy (non-hydrogen) atoms. The summed E-state index contributed by atoms with van der Waals surface area (Å²) in [5.74, 6) is 9.44. The van der Waals surface area contributed by atoms with Gasteiger partial charge in [-0.15, -0.1) is 0 Å². The van der Waals surface area contributed by atoms with Crippen LogP contribution in [-0.4, -0.2) is 13.2 Å². The van der Waals surface area contributed by atoms with Crippen LogP contribution in [0.2, 0.25) is 0 Å². The molecule has 2 atom stereocenters. The van der Waals surface area contributed by atoms with Crippen molar-refractivity contribution in [2.75, 3.05) is 13.2 Å². The summed E-state index contributed by atoms with van der Waals surface area (Å²) in [5.41, 5.74) is 0. The van der Waals surface area contributed by atoms with Crippen LogP contribution in [0.1, 0.15) is 26.7 Å². The first-order chi connectivity index (χ1) is 9.34. The van der Waals surface area contributed by atoms with Crippen molar-refractivity contribution in [2.24, 2.45) is 11.8 Å². The third-order valence-electron chi connectivity index (χ3n) is 1.50. The van der Waals surface area contributed by atoms with Gasteiger partial charge in [-0.25, -0.2) is 20.9 Å². The normalized spacial score (nSPS) is 18.3. The average molecular weight is 355 g/mol. The standard InChI is InChI=1S/C6H18N2O9P3/c1-3-5-12-19(10,14-7)16-18(9)17-20(11,15-8)13-6-4-2/h3-8H2,1-2H3/q+1. The van der Waals surface area contributed by atoms with Crippen LogP contribution < -0.4 is 11.8 Å². The van der Waals surface area contributed by atoms with Crippen LogP contribution in [0.3, 0.4) is 0 Å². The Hall–Kier alpha value is 0.240. The Morgan fingerprint density at radius 2 is 1.25 bits per heavy atom. The van der Waals surface area contributed by atoms with E-state index in [0.717, 1.165) is 0 Å². The van der Waals surface area contributed by atoms with Gasteiger partial charge in [0, 0.05) is 4.57 Å². The number of phosphoric acid groups is 2. The smallest absolute Gasteiger partial charge is 0.283 e. The molecular formula is C6H18N2O9P3+. The van der Waals surface area contributed by atoms with Gasteiger partial charge in [0.1, 0.15) is 0 Å². The molecule has 0 aromatic heterocycles. The van der Waals surface area contributed by atoms with E-state index in [1.807, 2.05) is 0 Å². The number of nitrogens with two attached hydrogens (primary N) is 2. The van der Waals surface area contributed by atoms with Gasteiger partial charge in [0.05, 0.1) is 13.2 Å². The van der Waals surface area contributed by atoms with Gasteiger partial charge in [0.25, 0.3) is 0 Å². The highest BCUT2D eigenvalue weighted by Gasteiger charge is 2.47. The van der Waals surface area contributed by atoms with Gasteiger partial charge in [-0.3, -0.25) is 9.05 Å². The Labute approximate surface area is 117 Å². The quantitative estimate of drug-likeness (QED) is 0.391. The molecule has 0 radical (unpaired) electrons. The molecule has 0 heterocycles. The maximum absolute atomic E-state index is 11.7. The van der Waals surface area contributed by atoms with Gasteiger partial charge in [0.2, 0.25) is 0 Å². The second-order valence-corrected chi connectivity index (χ2v) is 7.64. The minimum absolute atomic E-state index is 0.0327. The Morgan fingerprint density at radius 1 is 0.900 bits per heavy atom. The number of rotatable bonds is 12. The van der Waals surface area contributed by atoms with E-state index in [1.165, 1.54) is 0 Å². The van der Waals surface area contributed by atoms with Crippen LogP contribution in [0.25, 0.3) is 0 Å². The summed E-state index contributed by atoms with van der Waals surface area (Å²) in [7, 11) is -11.8. The summed E-state index contributed by atoms with van der Waals surface area (Å²) in [6, 6.07) is 0. The highest BCUT2D eigenvalue weighted by Crippen LogP contribution is 2.62. The molecule has 14 heteroatoms. The second kappa shape index (κ2) is 10.0. The Kier molecular flexibility index (Phi) is 10.2. The topological polar surface area (TPSA) is 159 Å². The summed E-state index contributed by atoms with van der Waals surface area (Å²) in [4.78, 5) is 0. The Balaban J connectivity index is 4.58. The molecule has 0 saturated carbocycles. The molecule has 120 valence electrons. The molecule has 0 aliphatic rings. The lowest BCUT2D eigenvalue weighted by atomic mass is 10.5. The molecule has 0 amide bonds. The van der Waals surface area contributed by atoms with Crippen molar-refractivity contribution in [3.05, 3.63) is 0 Å². The van der Waals surface area contributed by atoms with Crippen LogP contribution in [0.5, 0.6) is 0 Å². The van der Waals surface area contributed by atoms with Crippen molar-refractivity contribution in [3.63, 3.8) is 0 Å². The second-order valence-electron chi connectivity index (χ2n) is 3.16. The minimum Gasteiger partial charge on any atom is -0.283 e. The number of hydrogen-bond donors (Lipinski definition) is 2.